The van der Waals surface area contributed by atoms with Gasteiger partial charge < -0.3 is 11.1 Å². The zero-order valence-electron chi connectivity index (χ0n) is 9.57. The van der Waals surface area contributed by atoms with E-state index in [0.717, 1.165) is 0 Å². The number of carbonyl (C=O) groups excluding carboxylic acids is 2. The van der Waals surface area contributed by atoms with Crippen LogP contribution in [0.15, 0.2) is 12.3 Å². The van der Waals surface area contributed by atoms with E-state index >= 15 is 0 Å². The van der Waals surface area contributed by atoms with Crippen LogP contribution in [0.1, 0.15) is 18.5 Å². The van der Waals surface area contributed by atoms with Crippen LogP contribution in [-0.2, 0) is 16.1 Å². The predicted octanol–water partition coefficient (Wildman–Crippen LogP) is -0.104. The van der Waals surface area contributed by atoms with Crippen molar-refractivity contribution in [3.05, 3.63) is 23.8 Å². The number of hydrogen-bond donors (Lipinski definition) is 3. The number of halogens is 1. The zero-order valence-corrected chi connectivity index (χ0v) is 9.57. The molecule has 18 heavy (non-hydrogen) atoms. The molecule has 2 amide bonds. The minimum Gasteiger partial charge on any atom is -0.370 e. The Hall–Kier alpha value is -2.02. The Labute approximate surface area is 103 Å². The molecule has 1 atom stereocenters. The third kappa shape index (κ3) is 2.62. The molecule has 6 nitrogen and oxygen atoms in total. The summed E-state index contributed by atoms with van der Waals surface area (Å²) in [6.45, 7) is 0.148. The molecule has 1 unspecified atom stereocenters. The Morgan fingerprint density at radius 2 is 2.33 bits per heavy atom. The number of amides is 2. The number of nitrogens with one attached hydrogen (secondary N) is 2. The summed E-state index contributed by atoms with van der Waals surface area (Å²) in [6, 6.07) is 0.594. The summed E-state index contributed by atoms with van der Waals surface area (Å²) in [5.74, 6) is -1.28. The van der Waals surface area contributed by atoms with Crippen molar-refractivity contribution in [1.82, 2.24) is 10.3 Å². The molecule has 0 radical (unpaired) electrons. The summed E-state index contributed by atoms with van der Waals surface area (Å²) >= 11 is 0. The second-order valence-corrected chi connectivity index (χ2v) is 4.01. The average molecular weight is 252 g/mol. The number of anilines is 1. The average Bonchev–Trinajstić information content (AvgIpc) is 2.34. The van der Waals surface area contributed by atoms with Crippen molar-refractivity contribution in [3.8, 4) is 0 Å². The van der Waals surface area contributed by atoms with E-state index in [9.17, 15) is 14.0 Å². The number of imide groups is 1. The van der Waals surface area contributed by atoms with Crippen LogP contribution in [0, 0.1) is 5.82 Å². The summed E-state index contributed by atoms with van der Waals surface area (Å²) in [7, 11) is 0. The standard InChI is InChI=1S/C11H13FN4O2/c12-7-3-6(4-13)14-5-9(7)15-8-1-2-10(17)16-11(8)18/h3,5,8,15H,1-2,4,13H2,(H,16,17,18). The highest BCUT2D eigenvalue weighted by atomic mass is 19.1. The van der Waals surface area contributed by atoms with Gasteiger partial charge in [-0.3, -0.25) is 19.9 Å². The Balaban J connectivity index is 2.09. The molecular weight excluding hydrogens is 239 g/mol. The lowest BCUT2D eigenvalue weighted by Crippen LogP contribution is -2.47. The highest BCUT2D eigenvalue weighted by Crippen LogP contribution is 2.17. The molecule has 96 valence electrons. The molecule has 1 aromatic rings. The molecule has 1 aromatic heterocycles. The number of aromatic nitrogens is 1. The molecule has 7 heteroatoms. The predicted molar refractivity (Wildman–Crippen MR) is 61.9 cm³/mol. The molecule has 2 heterocycles. The molecule has 1 fully saturated rings. The van der Waals surface area contributed by atoms with Crippen LogP contribution in [0.5, 0.6) is 0 Å². The molecule has 2 rings (SSSR count). The van der Waals surface area contributed by atoms with E-state index in [1.807, 2.05) is 0 Å². The highest BCUT2D eigenvalue weighted by Gasteiger charge is 2.27. The van der Waals surface area contributed by atoms with E-state index in [1.54, 1.807) is 0 Å². The van der Waals surface area contributed by atoms with Gasteiger partial charge in [0.15, 0.2) is 0 Å². The minimum absolute atomic E-state index is 0.127. The van der Waals surface area contributed by atoms with E-state index in [1.165, 1.54) is 12.3 Å². The fraction of sp³-hybridized carbons (Fsp3) is 0.364. The van der Waals surface area contributed by atoms with Gasteiger partial charge >= 0.3 is 0 Å². The number of piperidine rings is 1. The van der Waals surface area contributed by atoms with Crippen LogP contribution in [0.25, 0.3) is 0 Å². The normalized spacial score (nSPS) is 19.6. The number of nitrogens with two attached hydrogens (primary N) is 1. The quantitative estimate of drug-likeness (QED) is 0.652. The van der Waals surface area contributed by atoms with Gasteiger partial charge in [-0.1, -0.05) is 0 Å². The van der Waals surface area contributed by atoms with Crippen LogP contribution in [0.3, 0.4) is 0 Å². The number of carbonyl (C=O) groups is 2. The van der Waals surface area contributed by atoms with E-state index in [-0.39, 0.29) is 24.6 Å². The van der Waals surface area contributed by atoms with Crippen molar-refractivity contribution in [2.24, 2.45) is 5.73 Å². The molecule has 1 aliphatic rings. The first-order valence-corrected chi connectivity index (χ1v) is 5.55. The minimum atomic E-state index is -0.622. The molecule has 0 bridgehead atoms. The van der Waals surface area contributed by atoms with Gasteiger partial charge in [0.1, 0.15) is 11.9 Å². The summed E-state index contributed by atoms with van der Waals surface area (Å²) < 4.78 is 13.6. The molecule has 4 N–H and O–H groups in total. The van der Waals surface area contributed by atoms with Gasteiger partial charge in [0, 0.05) is 13.0 Å². The van der Waals surface area contributed by atoms with E-state index < -0.39 is 17.8 Å². The molecule has 1 aliphatic heterocycles. The lowest BCUT2D eigenvalue weighted by molar-refractivity contribution is -0.133. The second kappa shape index (κ2) is 5.09. The Morgan fingerprint density at radius 3 is 2.94 bits per heavy atom. The lowest BCUT2D eigenvalue weighted by Gasteiger charge is -2.22. The van der Waals surface area contributed by atoms with Crippen LogP contribution in [0.4, 0.5) is 10.1 Å². The van der Waals surface area contributed by atoms with Crippen molar-refractivity contribution in [2.75, 3.05) is 5.32 Å². The van der Waals surface area contributed by atoms with Crippen molar-refractivity contribution in [2.45, 2.75) is 25.4 Å². The fourth-order valence-electron chi connectivity index (χ4n) is 1.71. The van der Waals surface area contributed by atoms with Crippen LogP contribution in [0.2, 0.25) is 0 Å². The smallest absolute Gasteiger partial charge is 0.249 e. The number of nitrogens with zero attached hydrogens (tertiary/aromatic N) is 1. The first-order chi connectivity index (χ1) is 8.60. The Bertz CT molecular complexity index is 492. The van der Waals surface area contributed by atoms with Crippen molar-refractivity contribution in [3.63, 3.8) is 0 Å². The van der Waals surface area contributed by atoms with E-state index in [0.29, 0.717) is 12.1 Å². The topological polar surface area (TPSA) is 97.1 Å². The summed E-state index contributed by atoms with van der Waals surface area (Å²) in [4.78, 5) is 26.4. The summed E-state index contributed by atoms with van der Waals surface area (Å²) in [5.41, 5.74) is 5.90. The fourth-order valence-corrected chi connectivity index (χ4v) is 1.71. The van der Waals surface area contributed by atoms with Crippen molar-refractivity contribution < 1.29 is 14.0 Å². The number of pyridine rings is 1. The van der Waals surface area contributed by atoms with Crippen LogP contribution in [-0.4, -0.2) is 22.8 Å². The summed E-state index contributed by atoms with van der Waals surface area (Å²) in [5, 5.41) is 4.92. The number of rotatable bonds is 3. The maximum absolute atomic E-state index is 13.6. The second-order valence-electron chi connectivity index (χ2n) is 4.01. The SMILES string of the molecule is NCc1cc(F)c(NC2CCC(=O)NC2=O)cn1. The Morgan fingerprint density at radius 1 is 1.56 bits per heavy atom. The molecule has 0 aromatic carbocycles. The molecule has 0 spiro atoms. The largest absolute Gasteiger partial charge is 0.370 e. The zero-order chi connectivity index (χ0) is 13.1. The number of hydrogen-bond acceptors (Lipinski definition) is 5. The first kappa shape index (κ1) is 12.4. The Kier molecular flexibility index (Phi) is 3.52. The van der Waals surface area contributed by atoms with Crippen LogP contribution >= 0.6 is 0 Å². The first-order valence-electron chi connectivity index (χ1n) is 5.55. The monoisotopic (exact) mass is 252 g/mol. The van der Waals surface area contributed by atoms with Gasteiger partial charge in [-0.15, -0.1) is 0 Å². The van der Waals surface area contributed by atoms with Gasteiger partial charge in [-0.2, -0.15) is 0 Å². The van der Waals surface area contributed by atoms with E-state index in [4.69, 9.17) is 5.73 Å². The van der Waals surface area contributed by atoms with Crippen LogP contribution < -0.4 is 16.4 Å². The van der Waals surface area contributed by atoms with E-state index in [2.05, 4.69) is 15.6 Å². The molecule has 0 saturated carbocycles. The van der Waals surface area contributed by atoms with Gasteiger partial charge in [0.25, 0.3) is 0 Å². The van der Waals surface area contributed by atoms with Gasteiger partial charge in [0.2, 0.25) is 11.8 Å². The molecule has 0 aliphatic carbocycles. The van der Waals surface area contributed by atoms with Crippen molar-refractivity contribution in [1.29, 1.82) is 0 Å². The summed E-state index contributed by atoms with van der Waals surface area (Å²) in [6.07, 6.45) is 1.86. The maximum atomic E-state index is 13.6. The third-order valence-corrected chi connectivity index (χ3v) is 2.69. The molecular formula is C11H13FN4O2. The van der Waals surface area contributed by atoms with Gasteiger partial charge in [-0.05, 0) is 12.5 Å². The highest BCUT2D eigenvalue weighted by molar-refractivity contribution is 6.01. The molecule has 1 saturated heterocycles. The third-order valence-electron chi connectivity index (χ3n) is 2.69. The van der Waals surface area contributed by atoms with Gasteiger partial charge in [-0.25, -0.2) is 4.39 Å². The lowest BCUT2D eigenvalue weighted by atomic mass is 10.1. The van der Waals surface area contributed by atoms with Gasteiger partial charge in [0.05, 0.1) is 17.6 Å². The van der Waals surface area contributed by atoms with Crippen molar-refractivity contribution >= 4 is 17.5 Å². The maximum Gasteiger partial charge on any atom is 0.249 e.